The van der Waals surface area contributed by atoms with Gasteiger partial charge in [0.05, 0.1) is 11.7 Å². The number of hydrogen-bond acceptors (Lipinski definition) is 2. The van der Waals surface area contributed by atoms with Gasteiger partial charge in [0.15, 0.2) is 0 Å². The van der Waals surface area contributed by atoms with E-state index in [1.807, 2.05) is 20.2 Å². The van der Waals surface area contributed by atoms with E-state index < -0.39 is 0 Å². The van der Waals surface area contributed by atoms with Gasteiger partial charge in [-0.15, -0.1) is 0 Å². The monoisotopic (exact) mass is 175 g/mol. The van der Waals surface area contributed by atoms with Crippen molar-refractivity contribution >= 4 is 11.0 Å². The second-order valence-electron chi connectivity index (χ2n) is 3.24. The third kappa shape index (κ3) is 1.20. The van der Waals surface area contributed by atoms with Crippen molar-refractivity contribution < 1.29 is 0 Å². The molecule has 0 aliphatic heterocycles. The van der Waals surface area contributed by atoms with Crippen molar-refractivity contribution in [1.29, 1.82) is 0 Å². The molecule has 0 aliphatic rings. The standard InChI is InChI=1S/C10H13N3/c1-4-8-5-10-9(6-11-8)12-7(2)13(10)3/h5-6H,4H2,1-3H3. The minimum atomic E-state index is 0.972. The lowest BCUT2D eigenvalue weighted by Gasteiger charge is -1.98. The first-order valence-electron chi connectivity index (χ1n) is 4.50. The summed E-state index contributed by atoms with van der Waals surface area (Å²) < 4.78 is 2.09. The number of aryl methyl sites for hydroxylation is 3. The van der Waals surface area contributed by atoms with E-state index in [1.165, 1.54) is 5.52 Å². The highest BCUT2D eigenvalue weighted by Crippen LogP contribution is 2.14. The Labute approximate surface area is 77.4 Å². The summed E-state index contributed by atoms with van der Waals surface area (Å²) in [7, 11) is 2.03. The van der Waals surface area contributed by atoms with Crippen molar-refractivity contribution in [2.24, 2.45) is 7.05 Å². The van der Waals surface area contributed by atoms with Gasteiger partial charge in [0.1, 0.15) is 11.3 Å². The van der Waals surface area contributed by atoms with Crippen LogP contribution < -0.4 is 0 Å². The maximum Gasteiger partial charge on any atom is 0.107 e. The second kappa shape index (κ2) is 2.83. The quantitative estimate of drug-likeness (QED) is 0.662. The summed E-state index contributed by atoms with van der Waals surface area (Å²) in [4.78, 5) is 8.69. The van der Waals surface area contributed by atoms with E-state index in [1.54, 1.807) is 0 Å². The van der Waals surface area contributed by atoms with Gasteiger partial charge < -0.3 is 4.57 Å². The SMILES string of the molecule is CCc1cc2c(cn1)nc(C)n2C. The van der Waals surface area contributed by atoms with E-state index in [-0.39, 0.29) is 0 Å². The topological polar surface area (TPSA) is 30.7 Å². The average molecular weight is 175 g/mol. The van der Waals surface area contributed by atoms with Crippen molar-refractivity contribution in [3.05, 3.63) is 23.8 Å². The molecule has 0 fully saturated rings. The van der Waals surface area contributed by atoms with Crippen molar-refractivity contribution in [2.45, 2.75) is 20.3 Å². The fraction of sp³-hybridized carbons (Fsp3) is 0.400. The van der Waals surface area contributed by atoms with Crippen molar-refractivity contribution in [2.75, 3.05) is 0 Å². The van der Waals surface area contributed by atoms with Crippen molar-refractivity contribution in [3.8, 4) is 0 Å². The zero-order valence-electron chi connectivity index (χ0n) is 8.20. The van der Waals surface area contributed by atoms with Crippen LogP contribution in [-0.2, 0) is 13.5 Å². The fourth-order valence-electron chi connectivity index (χ4n) is 1.45. The maximum absolute atomic E-state index is 4.39. The molecule has 0 aromatic carbocycles. The first-order chi connectivity index (χ1) is 6.22. The van der Waals surface area contributed by atoms with Crippen LogP contribution in [0, 0.1) is 6.92 Å². The van der Waals surface area contributed by atoms with Crippen LogP contribution >= 0.6 is 0 Å². The molecule has 0 amide bonds. The number of aromatic nitrogens is 3. The van der Waals surface area contributed by atoms with Gasteiger partial charge >= 0.3 is 0 Å². The molecule has 2 heterocycles. The molecule has 0 aliphatic carbocycles. The number of fused-ring (bicyclic) bond motifs is 1. The third-order valence-corrected chi connectivity index (χ3v) is 2.41. The van der Waals surface area contributed by atoms with Crippen LogP contribution in [0.3, 0.4) is 0 Å². The van der Waals surface area contributed by atoms with Crippen LogP contribution in [0.15, 0.2) is 12.3 Å². The Morgan fingerprint density at radius 2 is 2.23 bits per heavy atom. The molecule has 3 heteroatoms. The lowest BCUT2D eigenvalue weighted by molar-refractivity contribution is 0.884. The number of pyridine rings is 1. The molecule has 0 saturated carbocycles. The highest BCUT2D eigenvalue weighted by atomic mass is 15.1. The van der Waals surface area contributed by atoms with Crippen molar-refractivity contribution in [3.63, 3.8) is 0 Å². The molecule has 2 rings (SSSR count). The summed E-state index contributed by atoms with van der Waals surface area (Å²) in [5, 5.41) is 0. The van der Waals surface area contributed by atoms with E-state index in [9.17, 15) is 0 Å². The van der Waals surface area contributed by atoms with E-state index >= 15 is 0 Å². The van der Waals surface area contributed by atoms with Crippen molar-refractivity contribution in [1.82, 2.24) is 14.5 Å². The molecular weight excluding hydrogens is 162 g/mol. The molecule has 68 valence electrons. The lowest BCUT2D eigenvalue weighted by atomic mass is 10.3. The number of rotatable bonds is 1. The van der Waals surface area contributed by atoms with Gasteiger partial charge in [-0.05, 0) is 19.4 Å². The summed E-state index contributed by atoms with van der Waals surface area (Å²) in [6.45, 7) is 4.11. The molecule has 0 bridgehead atoms. The van der Waals surface area contributed by atoms with Crippen LogP contribution in [0.25, 0.3) is 11.0 Å². The predicted octanol–water partition coefficient (Wildman–Crippen LogP) is 1.84. The van der Waals surface area contributed by atoms with E-state index in [0.717, 1.165) is 23.5 Å². The summed E-state index contributed by atoms with van der Waals surface area (Å²) >= 11 is 0. The predicted molar refractivity (Wildman–Crippen MR) is 52.6 cm³/mol. The van der Waals surface area contributed by atoms with Gasteiger partial charge in [-0.2, -0.15) is 0 Å². The molecule has 0 radical (unpaired) electrons. The lowest BCUT2D eigenvalue weighted by Crippen LogP contribution is -1.92. The van der Waals surface area contributed by atoms with Gasteiger partial charge in [0.25, 0.3) is 0 Å². The molecule has 0 N–H and O–H groups in total. The molecule has 2 aromatic rings. The van der Waals surface area contributed by atoms with Gasteiger partial charge in [0, 0.05) is 12.7 Å². The maximum atomic E-state index is 4.39. The van der Waals surface area contributed by atoms with Crippen LogP contribution in [0.2, 0.25) is 0 Å². The highest BCUT2D eigenvalue weighted by molar-refractivity contribution is 5.75. The molecule has 3 nitrogen and oxygen atoms in total. The smallest absolute Gasteiger partial charge is 0.107 e. The summed E-state index contributed by atoms with van der Waals surface area (Å²) in [6.07, 6.45) is 2.82. The van der Waals surface area contributed by atoms with E-state index in [0.29, 0.717) is 0 Å². The van der Waals surface area contributed by atoms with Gasteiger partial charge in [-0.3, -0.25) is 4.98 Å². The Hall–Kier alpha value is -1.38. The highest BCUT2D eigenvalue weighted by Gasteiger charge is 2.04. The summed E-state index contributed by atoms with van der Waals surface area (Å²) in [5.41, 5.74) is 3.28. The zero-order chi connectivity index (χ0) is 9.42. The van der Waals surface area contributed by atoms with Crippen LogP contribution in [0.4, 0.5) is 0 Å². The van der Waals surface area contributed by atoms with Crippen LogP contribution in [0.1, 0.15) is 18.4 Å². The molecule has 0 spiro atoms. The summed E-state index contributed by atoms with van der Waals surface area (Å²) in [6, 6.07) is 2.11. The fourth-order valence-corrected chi connectivity index (χ4v) is 1.45. The molecule has 2 aromatic heterocycles. The van der Waals surface area contributed by atoms with E-state index in [4.69, 9.17) is 0 Å². The Balaban J connectivity index is 2.75. The second-order valence-corrected chi connectivity index (χ2v) is 3.24. The molecule has 0 saturated heterocycles. The van der Waals surface area contributed by atoms with Gasteiger partial charge in [-0.25, -0.2) is 4.98 Å². The minimum absolute atomic E-state index is 0.972. The number of nitrogens with zero attached hydrogens (tertiary/aromatic N) is 3. The van der Waals surface area contributed by atoms with Crippen LogP contribution in [0.5, 0.6) is 0 Å². The molecular formula is C10H13N3. The minimum Gasteiger partial charge on any atom is -0.331 e. The van der Waals surface area contributed by atoms with Gasteiger partial charge in [-0.1, -0.05) is 6.92 Å². The average Bonchev–Trinajstić information content (AvgIpc) is 2.43. The Bertz CT molecular complexity index is 443. The molecule has 0 atom stereocenters. The molecule has 0 unspecified atom stereocenters. The Kier molecular flexibility index (Phi) is 1.79. The Morgan fingerprint density at radius 3 is 2.92 bits per heavy atom. The van der Waals surface area contributed by atoms with E-state index in [2.05, 4.69) is 27.5 Å². The molecule has 13 heavy (non-hydrogen) atoms. The number of imidazole rings is 1. The zero-order valence-corrected chi connectivity index (χ0v) is 8.20. The normalized spacial score (nSPS) is 11.0. The third-order valence-electron chi connectivity index (χ3n) is 2.41. The summed E-state index contributed by atoms with van der Waals surface area (Å²) in [5.74, 6) is 1.03. The first-order valence-corrected chi connectivity index (χ1v) is 4.50. The number of hydrogen-bond donors (Lipinski definition) is 0. The van der Waals surface area contributed by atoms with Gasteiger partial charge in [0.2, 0.25) is 0 Å². The Morgan fingerprint density at radius 1 is 1.46 bits per heavy atom. The largest absolute Gasteiger partial charge is 0.331 e. The first kappa shape index (κ1) is 8.23. The van der Waals surface area contributed by atoms with Crippen LogP contribution in [-0.4, -0.2) is 14.5 Å².